The Labute approximate surface area is 240 Å². The first-order valence-corrected chi connectivity index (χ1v) is 15.0. The first-order valence-electron chi connectivity index (χ1n) is 15.0. The van der Waals surface area contributed by atoms with Crippen molar-refractivity contribution in [1.82, 2.24) is 0 Å². The Morgan fingerprint density at radius 2 is 0.625 bits per heavy atom. The van der Waals surface area contributed by atoms with Gasteiger partial charge in [-0.3, -0.25) is 0 Å². The third kappa shape index (κ3) is 3.95. The Kier molecular flexibility index (Phi) is 6.68. The Hall–Kier alpha value is -3.66. The highest BCUT2D eigenvalue weighted by molar-refractivity contribution is 5.93. The van der Waals surface area contributed by atoms with Crippen molar-refractivity contribution in [3.63, 3.8) is 0 Å². The molecule has 0 saturated heterocycles. The molecule has 0 atom stereocenters. The van der Waals surface area contributed by atoms with E-state index in [-0.39, 0.29) is 12.3 Å². The van der Waals surface area contributed by atoms with Crippen LogP contribution in [0, 0.1) is 0 Å². The third-order valence-corrected chi connectivity index (χ3v) is 8.70. The van der Waals surface area contributed by atoms with Gasteiger partial charge in [-0.2, -0.15) is 0 Å². The van der Waals surface area contributed by atoms with Crippen LogP contribution in [0.1, 0.15) is 78.8 Å². The Morgan fingerprint density at radius 3 is 0.875 bits per heavy atom. The minimum atomic E-state index is 0.138. The maximum Gasteiger partial charge on any atom is 0.129 e. The second kappa shape index (κ2) is 10.1. The molecule has 4 nitrogen and oxygen atoms in total. The maximum absolute atomic E-state index is 2.61. The van der Waals surface area contributed by atoms with Crippen molar-refractivity contribution in [2.24, 2.45) is 0 Å². The molecule has 4 heteroatoms. The summed E-state index contributed by atoms with van der Waals surface area (Å²) in [5, 5.41) is 2.69. The maximum atomic E-state index is 2.61. The number of fused-ring (bicyclic) bond motifs is 3. The summed E-state index contributed by atoms with van der Waals surface area (Å²) in [7, 11) is 0. The fourth-order valence-corrected chi connectivity index (χ4v) is 7.23. The second-order valence-electron chi connectivity index (χ2n) is 12.5. The minimum absolute atomic E-state index is 0.138. The number of rotatable bonds is 6. The first kappa shape index (κ1) is 26.6. The summed E-state index contributed by atoms with van der Waals surface area (Å²) in [6, 6.07) is 33.3. The van der Waals surface area contributed by atoms with E-state index in [9.17, 15) is 0 Å². The van der Waals surface area contributed by atoms with Gasteiger partial charge in [0.1, 0.15) is 12.3 Å². The molecule has 2 aliphatic rings. The van der Waals surface area contributed by atoms with Gasteiger partial charge >= 0.3 is 0 Å². The van der Waals surface area contributed by atoms with Crippen LogP contribution >= 0.6 is 0 Å². The highest BCUT2D eigenvalue weighted by atomic mass is 15.4. The zero-order valence-electron chi connectivity index (χ0n) is 25.3. The number of anilines is 4. The summed E-state index contributed by atoms with van der Waals surface area (Å²) < 4.78 is 0. The van der Waals surface area contributed by atoms with Crippen molar-refractivity contribution in [3.8, 4) is 0 Å². The number of nitrogens with zero attached hydrogens (tertiary/aromatic N) is 4. The monoisotopic (exact) mass is 532 g/mol. The SMILES string of the molecule is CC(C)N1c2ccccc2N(C(C)C)C1c1ccc(C2N(C(C)C)c3ccccc3N2C(C)C)c2ccccc12. The van der Waals surface area contributed by atoms with E-state index >= 15 is 0 Å². The van der Waals surface area contributed by atoms with E-state index in [0.717, 1.165) is 0 Å². The van der Waals surface area contributed by atoms with Crippen LogP contribution in [0.4, 0.5) is 22.7 Å². The standard InChI is InChI=1S/C36H44N4/c1-23(2)37-31-17-11-12-18-32(31)38(24(3)4)35(37)29-21-22-30(28-16-10-9-15-27(28)29)36-39(25(5)6)33-19-13-14-20-34(33)40(36)26(7)8/h9-26,35-36H,1-8H3. The van der Waals surface area contributed by atoms with E-state index in [1.165, 1.54) is 44.6 Å². The van der Waals surface area contributed by atoms with Crippen molar-refractivity contribution in [2.75, 3.05) is 19.6 Å². The zero-order chi connectivity index (χ0) is 28.3. The topological polar surface area (TPSA) is 13.0 Å². The lowest BCUT2D eigenvalue weighted by Gasteiger charge is -2.40. The molecule has 0 aromatic heterocycles. The van der Waals surface area contributed by atoms with Crippen LogP contribution in [0.2, 0.25) is 0 Å². The summed E-state index contributed by atoms with van der Waals surface area (Å²) in [6.07, 6.45) is 0.277. The van der Waals surface area contributed by atoms with E-state index < -0.39 is 0 Å². The molecule has 2 heterocycles. The number of benzene rings is 4. The highest BCUT2D eigenvalue weighted by Crippen LogP contribution is 2.52. The molecule has 4 aromatic rings. The summed E-state index contributed by atoms with van der Waals surface area (Å²) in [4.78, 5) is 10.5. The normalized spacial score (nSPS) is 16.0. The van der Waals surface area contributed by atoms with Gasteiger partial charge in [0.05, 0.1) is 22.7 Å². The summed E-state index contributed by atoms with van der Waals surface area (Å²) in [5.41, 5.74) is 8.06. The average Bonchev–Trinajstić information content (AvgIpc) is 3.46. The molecular weight excluding hydrogens is 488 g/mol. The second-order valence-corrected chi connectivity index (χ2v) is 12.5. The van der Waals surface area contributed by atoms with Gasteiger partial charge in [0.25, 0.3) is 0 Å². The molecule has 0 unspecified atom stereocenters. The van der Waals surface area contributed by atoms with Crippen LogP contribution in [0.25, 0.3) is 10.8 Å². The molecule has 2 aliphatic heterocycles. The molecule has 0 radical (unpaired) electrons. The molecule has 0 fully saturated rings. The van der Waals surface area contributed by atoms with Gasteiger partial charge in [-0.15, -0.1) is 0 Å². The van der Waals surface area contributed by atoms with Gasteiger partial charge in [-0.05, 0) is 90.4 Å². The molecule has 208 valence electrons. The Bertz CT molecular complexity index is 1340. The van der Waals surface area contributed by atoms with Crippen LogP contribution in [0.15, 0.2) is 84.9 Å². The summed E-state index contributed by atoms with van der Waals surface area (Å²) in [5.74, 6) is 0. The van der Waals surface area contributed by atoms with E-state index in [0.29, 0.717) is 24.2 Å². The fourth-order valence-electron chi connectivity index (χ4n) is 7.23. The van der Waals surface area contributed by atoms with Crippen molar-refractivity contribution >= 4 is 33.5 Å². The van der Waals surface area contributed by atoms with Gasteiger partial charge in [-0.25, -0.2) is 0 Å². The van der Waals surface area contributed by atoms with Crippen LogP contribution in [-0.2, 0) is 0 Å². The van der Waals surface area contributed by atoms with Crippen molar-refractivity contribution in [3.05, 3.63) is 96.1 Å². The Balaban J connectivity index is 1.57. The van der Waals surface area contributed by atoms with Gasteiger partial charge in [0, 0.05) is 35.3 Å². The predicted octanol–water partition coefficient (Wildman–Crippen LogP) is 9.12. The molecule has 0 saturated carbocycles. The van der Waals surface area contributed by atoms with Gasteiger partial charge in [0.2, 0.25) is 0 Å². The third-order valence-electron chi connectivity index (χ3n) is 8.70. The molecule has 0 aliphatic carbocycles. The predicted molar refractivity (Wildman–Crippen MR) is 173 cm³/mol. The van der Waals surface area contributed by atoms with E-state index in [1.54, 1.807) is 0 Å². The molecule has 0 bridgehead atoms. The molecule has 40 heavy (non-hydrogen) atoms. The summed E-state index contributed by atoms with van der Waals surface area (Å²) >= 11 is 0. The first-order chi connectivity index (χ1) is 19.2. The lowest BCUT2D eigenvalue weighted by atomic mass is 9.94. The van der Waals surface area contributed by atoms with Gasteiger partial charge < -0.3 is 19.6 Å². The smallest absolute Gasteiger partial charge is 0.129 e. The number of para-hydroxylation sites is 4. The van der Waals surface area contributed by atoms with Crippen LogP contribution in [0.3, 0.4) is 0 Å². The van der Waals surface area contributed by atoms with E-state index in [1.807, 2.05) is 0 Å². The van der Waals surface area contributed by atoms with Crippen LogP contribution in [-0.4, -0.2) is 24.2 Å². The fraction of sp³-hybridized carbons (Fsp3) is 0.389. The van der Waals surface area contributed by atoms with Crippen LogP contribution in [0.5, 0.6) is 0 Å². The Morgan fingerprint density at radius 1 is 0.375 bits per heavy atom. The zero-order valence-corrected chi connectivity index (χ0v) is 25.3. The van der Waals surface area contributed by atoms with Crippen LogP contribution < -0.4 is 19.6 Å². The van der Waals surface area contributed by atoms with Gasteiger partial charge in [-0.1, -0.05) is 60.7 Å². The van der Waals surface area contributed by atoms with Gasteiger partial charge in [0.15, 0.2) is 0 Å². The molecule has 4 aromatic carbocycles. The lowest BCUT2D eigenvalue weighted by Crippen LogP contribution is -2.43. The molecule has 0 N–H and O–H groups in total. The van der Waals surface area contributed by atoms with Crippen molar-refractivity contribution in [1.29, 1.82) is 0 Å². The van der Waals surface area contributed by atoms with E-state index in [4.69, 9.17) is 0 Å². The number of hydrogen-bond donors (Lipinski definition) is 0. The molecule has 0 amide bonds. The van der Waals surface area contributed by atoms with E-state index in [2.05, 4.69) is 160 Å². The average molecular weight is 533 g/mol. The lowest BCUT2D eigenvalue weighted by molar-refractivity contribution is 0.525. The molecule has 6 rings (SSSR count). The highest BCUT2D eigenvalue weighted by Gasteiger charge is 2.42. The number of hydrogen-bond acceptors (Lipinski definition) is 4. The molecular formula is C36H44N4. The summed E-state index contributed by atoms with van der Waals surface area (Å²) in [6.45, 7) is 18.6. The minimum Gasteiger partial charge on any atom is -0.343 e. The van der Waals surface area contributed by atoms with Crippen molar-refractivity contribution < 1.29 is 0 Å². The van der Waals surface area contributed by atoms with Crippen molar-refractivity contribution in [2.45, 2.75) is 91.9 Å². The largest absolute Gasteiger partial charge is 0.343 e. The molecule has 0 spiro atoms. The quantitative estimate of drug-likeness (QED) is 0.245.